The summed E-state index contributed by atoms with van der Waals surface area (Å²) in [4.78, 5) is 2.54. The number of ether oxygens (including phenoxy) is 1. The van der Waals surface area contributed by atoms with E-state index in [2.05, 4.69) is 79.5 Å². The van der Waals surface area contributed by atoms with Gasteiger partial charge in [-0.1, -0.05) is 26.0 Å². The lowest BCUT2D eigenvalue weighted by Gasteiger charge is -2.16. The predicted molar refractivity (Wildman–Crippen MR) is 128 cm³/mol. The molecular weight excluding hydrogens is 398 g/mol. The van der Waals surface area contributed by atoms with Gasteiger partial charge in [-0.15, -0.1) is 0 Å². The van der Waals surface area contributed by atoms with E-state index < -0.39 is 0 Å². The van der Waals surface area contributed by atoms with Gasteiger partial charge >= 0.3 is 0 Å². The molecule has 1 unspecified atom stereocenters. The Bertz CT molecular complexity index is 1030. The van der Waals surface area contributed by atoms with Crippen molar-refractivity contribution in [3.8, 4) is 5.75 Å². The molecule has 1 aliphatic heterocycles. The number of likely N-dealkylation sites (tertiary alicyclic amines) is 1. The topological polar surface area (TPSA) is 59.0 Å². The van der Waals surface area contributed by atoms with Crippen LogP contribution in [0.15, 0.2) is 30.3 Å². The number of rotatable bonds is 8. The summed E-state index contributed by atoms with van der Waals surface area (Å²) in [5, 5.41) is 12.5. The van der Waals surface area contributed by atoms with Gasteiger partial charge in [0.15, 0.2) is 0 Å². The van der Waals surface area contributed by atoms with Crippen molar-refractivity contribution in [2.45, 2.75) is 79.0 Å². The molecule has 0 saturated carbocycles. The Morgan fingerprint density at radius 2 is 1.88 bits per heavy atom. The quantitative estimate of drug-likeness (QED) is 0.508. The van der Waals surface area contributed by atoms with E-state index in [9.17, 15) is 0 Å². The number of aryl methyl sites for hydroxylation is 1. The lowest BCUT2D eigenvalue weighted by molar-refractivity contribution is 0.301. The van der Waals surface area contributed by atoms with Crippen LogP contribution in [0.5, 0.6) is 5.75 Å². The molecular formula is C26H37N5O. The van der Waals surface area contributed by atoms with Crippen LogP contribution in [0.2, 0.25) is 0 Å². The number of hydrogen-bond acceptors (Lipinski definition) is 4. The third-order valence-electron chi connectivity index (χ3n) is 6.63. The average Bonchev–Trinajstić information content (AvgIpc) is 3.48. The minimum atomic E-state index is 0.395. The molecule has 3 aromatic rings. The van der Waals surface area contributed by atoms with Crippen molar-refractivity contribution < 1.29 is 4.74 Å². The molecule has 1 fully saturated rings. The molecule has 32 heavy (non-hydrogen) atoms. The van der Waals surface area contributed by atoms with Gasteiger partial charge < -0.3 is 4.74 Å². The minimum absolute atomic E-state index is 0.395. The number of nitrogens with one attached hydrogen (secondary N) is 1. The van der Waals surface area contributed by atoms with Crippen molar-refractivity contribution in [3.05, 3.63) is 64.2 Å². The molecule has 0 spiro atoms. The monoisotopic (exact) mass is 435 g/mol. The summed E-state index contributed by atoms with van der Waals surface area (Å²) in [6.45, 7) is 16.7. The Morgan fingerprint density at radius 1 is 1.12 bits per heavy atom. The highest BCUT2D eigenvalue weighted by Crippen LogP contribution is 2.29. The first-order chi connectivity index (χ1) is 15.3. The highest BCUT2D eigenvalue weighted by Gasteiger charge is 2.27. The second-order valence-electron chi connectivity index (χ2n) is 9.74. The molecule has 0 radical (unpaired) electrons. The van der Waals surface area contributed by atoms with E-state index in [4.69, 9.17) is 9.84 Å². The average molecular weight is 436 g/mol. The van der Waals surface area contributed by atoms with Gasteiger partial charge in [0.1, 0.15) is 12.4 Å². The van der Waals surface area contributed by atoms with Crippen molar-refractivity contribution in [1.29, 1.82) is 0 Å². The number of aromatic amines is 1. The second-order valence-corrected chi connectivity index (χ2v) is 9.74. The highest BCUT2D eigenvalue weighted by molar-refractivity contribution is 5.29. The number of aromatic nitrogens is 4. The smallest absolute Gasteiger partial charge is 0.130 e. The van der Waals surface area contributed by atoms with Gasteiger partial charge in [-0.3, -0.25) is 14.7 Å². The SMILES string of the molecule is Cc1nn(C(C)C)c(C)c1CN1CCC(c2cc(COc3ccc(C(C)C)cc3)[nH]n2)C1. The first kappa shape index (κ1) is 22.6. The molecule has 1 aromatic carbocycles. The summed E-state index contributed by atoms with van der Waals surface area (Å²) in [7, 11) is 0. The Balaban J connectivity index is 1.32. The van der Waals surface area contributed by atoms with Gasteiger partial charge in [-0.25, -0.2) is 0 Å². The summed E-state index contributed by atoms with van der Waals surface area (Å²) in [6, 6.07) is 10.9. The van der Waals surface area contributed by atoms with E-state index in [-0.39, 0.29) is 0 Å². The normalized spacial score (nSPS) is 17.1. The molecule has 6 nitrogen and oxygen atoms in total. The van der Waals surface area contributed by atoms with Crippen LogP contribution in [0, 0.1) is 13.8 Å². The maximum atomic E-state index is 5.96. The van der Waals surface area contributed by atoms with Crippen molar-refractivity contribution in [2.24, 2.45) is 0 Å². The third kappa shape index (κ3) is 4.90. The Labute approximate surface area is 192 Å². The van der Waals surface area contributed by atoms with Gasteiger partial charge in [0.05, 0.1) is 17.1 Å². The molecule has 1 atom stereocenters. The molecule has 1 aliphatic rings. The lowest BCUT2D eigenvalue weighted by Crippen LogP contribution is -2.20. The second kappa shape index (κ2) is 9.49. The Hall–Kier alpha value is -2.60. The molecule has 0 amide bonds. The molecule has 4 rings (SSSR count). The first-order valence-electron chi connectivity index (χ1n) is 11.9. The Kier molecular flexibility index (Phi) is 6.70. The standard InChI is InChI=1S/C26H37N5O/c1-17(2)21-7-9-24(10-8-21)32-16-23-13-26(28-27-23)22-11-12-30(14-22)15-25-19(5)29-31(18(3)4)20(25)6/h7-10,13,17-18,22H,11-12,14-16H2,1-6H3,(H,27,28). The maximum Gasteiger partial charge on any atom is 0.130 e. The van der Waals surface area contributed by atoms with Crippen LogP contribution in [-0.2, 0) is 13.2 Å². The number of nitrogens with zero attached hydrogens (tertiary/aromatic N) is 4. The zero-order chi connectivity index (χ0) is 22.8. The van der Waals surface area contributed by atoms with Gasteiger partial charge in [-0.2, -0.15) is 10.2 Å². The first-order valence-corrected chi connectivity index (χ1v) is 11.9. The van der Waals surface area contributed by atoms with Crippen molar-refractivity contribution in [1.82, 2.24) is 24.9 Å². The summed E-state index contributed by atoms with van der Waals surface area (Å²) >= 11 is 0. The van der Waals surface area contributed by atoms with Crippen LogP contribution in [0.25, 0.3) is 0 Å². The third-order valence-corrected chi connectivity index (χ3v) is 6.63. The van der Waals surface area contributed by atoms with Gasteiger partial charge in [0, 0.05) is 36.3 Å². The minimum Gasteiger partial charge on any atom is -0.487 e. The summed E-state index contributed by atoms with van der Waals surface area (Å²) < 4.78 is 8.11. The van der Waals surface area contributed by atoms with Crippen LogP contribution in [0.3, 0.4) is 0 Å². The molecule has 172 valence electrons. The van der Waals surface area contributed by atoms with E-state index in [1.54, 1.807) is 0 Å². The Morgan fingerprint density at radius 3 is 2.53 bits per heavy atom. The highest BCUT2D eigenvalue weighted by atomic mass is 16.5. The van der Waals surface area contributed by atoms with Crippen molar-refractivity contribution >= 4 is 0 Å². The number of H-pyrrole nitrogens is 1. The number of benzene rings is 1. The van der Waals surface area contributed by atoms with Gasteiger partial charge in [-0.05, 0) is 70.3 Å². The molecule has 1 N–H and O–H groups in total. The van der Waals surface area contributed by atoms with Crippen molar-refractivity contribution in [2.75, 3.05) is 13.1 Å². The summed E-state index contributed by atoms with van der Waals surface area (Å²) in [5.74, 6) is 1.89. The van der Waals surface area contributed by atoms with Gasteiger partial charge in [0.2, 0.25) is 0 Å². The van der Waals surface area contributed by atoms with Crippen LogP contribution in [0.1, 0.15) is 85.9 Å². The summed E-state index contributed by atoms with van der Waals surface area (Å²) in [6.07, 6.45) is 1.14. The summed E-state index contributed by atoms with van der Waals surface area (Å²) in [5.41, 5.74) is 7.32. The van der Waals surface area contributed by atoms with E-state index in [1.165, 1.54) is 16.8 Å². The number of hydrogen-bond donors (Lipinski definition) is 1. The van der Waals surface area contributed by atoms with E-state index in [1.807, 2.05) is 12.1 Å². The fourth-order valence-corrected chi connectivity index (χ4v) is 4.64. The predicted octanol–water partition coefficient (Wildman–Crippen LogP) is 5.50. The van der Waals surface area contributed by atoms with Crippen molar-refractivity contribution in [3.63, 3.8) is 0 Å². The van der Waals surface area contributed by atoms with Crippen LogP contribution in [0.4, 0.5) is 0 Å². The van der Waals surface area contributed by atoms with E-state index in [0.717, 1.165) is 48.9 Å². The van der Waals surface area contributed by atoms with E-state index >= 15 is 0 Å². The lowest BCUT2D eigenvalue weighted by atomic mass is 10.0. The zero-order valence-electron chi connectivity index (χ0n) is 20.4. The van der Waals surface area contributed by atoms with E-state index in [0.29, 0.717) is 24.5 Å². The fourth-order valence-electron chi connectivity index (χ4n) is 4.64. The van der Waals surface area contributed by atoms with Crippen LogP contribution < -0.4 is 4.74 Å². The molecule has 0 aliphatic carbocycles. The molecule has 2 aromatic heterocycles. The molecule has 3 heterocycles. The van der Waals surface area contributed by atoms with Crippen LogP contribution >= 0.6 is 0 Å². The van der Waals surface area contributed by atoms with Crippen LogP contribution in [-0.4, -0.2) is 38.0 Å². The molecule has 1 saturated heterocycles. The maximum absolute atomic E-state index is 5.96. The van der Waals surface area contributed by atoms with Gasteiger partial charge in [0.25, 0.3) is 0 Å². The largest absolute Gasteiger partial charge is 0.487 e. The molecule has 0 bridgehead atoms. The zero-order valence-corrected chi connectivity index (χ0v) is 20.4. The molecule has 6 heteroatoms. The fraction of sp³-hybridized carbons (Fsp3) is 0.538.